The van der Waals surface area contributed by atoms with Crippen LogP contribution in [-0.2, 0) is 9.53 Å². The molecule has 9 heteroatoms. The van der Waals surface area contributed by atoms with Crippen molar-refractivity contribution in [2.45, 2.75) is 19.9 Å². The summed E-state index contributed by atoms with van der Waals surface area (Å²) in [6.45, 7) is 3.71. The minimum atomic E-state index is -0.664. The molecule has 0 aliphatic carbocycles. The maximum Gasteiger partial charge on any atom is 0.338 e. The Morgan fingerprint density at radius 3 is 2.70 bits per heavy atom. The number of esters is 1. The van der Waals surface area contributed by atoms with Gasteiger partial charge >= 0.3 is 5.97 Å². The van der Waals surface area contributed by atoms with Crippen LogP contribution < -0.4 is 14.9 Å². The van der Waals surface area contributed by atoms with Crippen LogP contribution in [0.2, 0.25) is 5.02 Å². The molecule has 0 amide bonds. The number of aromatic nitrogens is 1. The minimum Gasteiger partial charge on any atom is -0.463 e. The van der Waals surface area contributed by atoms with Crippen molar-refractivity contribution in [1.29, 1.82) is 0 Å². The van der Waals surface area contributed by atoms with Crippen LogP contribution in [0.15, 0.2) is 66.5 Å². The van der Waals surface area contributed by atoms with Gasteiger partial charge in [0.1, 0.15) is 5.76 Å². The number of rotatable bonds is 4. The smallest absolute Gasteiger partial charge is 0.338 e. The summed E-state index contributed by atoms with van der Waals surface area (Å²) in [5.41, 5.74) is 1.33. The van der Waals surface area contributed by atoms with Gasteiger partial charge in [-0.1, -0.05) is 35.1 Å². The molecule has 3 heterocycles. The number of hydrogen-bond donors (Lipinski definition) is 0. The summed E-state index contributed by atoms with van der Waals surface area (Å²) >= 11 is 10.5. The number of fused-ring (bicyclic) bond motifs is 1. The number of halogens is 2. The molecular weight excluding hydrogens is 492 g/mol. The largest absolute Gasteiger partial charge is 0.463 e. The summed E-state index contributed by atoms with van der Waals surface area (Å²) < 4.78 is 13.3. The van der Waals surface area contributed by atoms with Crippen LogP contribution in [0.1, 0.15) is 31.2 Å². The zero-order valence-corrected chi connectivity index (χ0v) is 19.2. The first-order chi connectivity index (χ1) is 14.4. The first-order valence-electron chi connectivity index (χ1n) is 9.09. The maximum atomic E-state index is 13.3. The normalized spacial score (nSPS) is 16.4. The average Bonchev–Trinajstić information content (AvgIpc) is 3.24. The topological polar surface area (TPSA) is 73.8 Å². The number of benzene rings is 1. The molecule has 1 aromatic carbocycles. The quantitative estimate of drug-likeness (QED) is 0.504. The van der Waals surface area contributed by atoms with E-state index >= 15 is 0 Å². The summed E-state index contributed by atoms with van der Waals surface area (Å²) in [6.07, 6.45) is 1.66. The summed E-state index contributed by atoms with van der Waals surface area (Å²) in [4.78, 5) is 31.1. The van der Waals surface area contributed by atoms with E-state index in [4.69, 9.17) is 20.8 Å². The van der Waals surface area contributed by atoms with E-state index in [0.29, 0.717) is 36.1 Å². The number of nitrogens with zero attached hydrogens (tertiary/aromatic N) is 2. The van der Waals surface area contributed by atoms with E-state index in [1.165, 1.54) is 15.9 Å². The van der Waals surface area contributed by atoms with Crippen LogP contribution in [0.25, 0.3) is 6.08 Å². The fraction of sp³-hybridized carbons (Fsp3) is 0.190. The van der Waals surface area contributed by atoms with Gasteiger partial charge in [0.25, 0.3) is 5.56 Å². The molecule has 0 radical (unpaired) electrons. The van der Waals surface area contributed by atoms with E-state index in [0.717, 1.165) is 5.56 Å². The highest BCUT2D eigenvalue weighted by molar-refractivity contribution is 9.10. The molecule has 0 bridgehead atoms. The minimum absolute atomic E-state index is 0.223. The number of carbonyl (C=O) groups excluding carboxylic acids is 1. The second-order valence-electron chi connectivity index (χ2n) is 6.50. The Balaban J connectivity index is 1.96. The van der Waals surface area contributed by atoms with Crippen LogP contribution in [0.5, 0.6) is 0 Å². The standard InChI is InChI=1S/C21H16BrClN2O4S/c1-3-28-20(27)17-11(2)24-21-25(18(17)12-4-6-13(23)7-5-12)19(26)15(30-21)10-14-8-9-16(22)29-14/h4-10,18H,3H2,1-2H3/b15-10-. The number of allylic oxidation sites excluding steroid dienone is 1. The van der Waals surface area contributed by atoms with E-state index < -0.39 is 12.0 Å². The van der Waals surface area contributed by atoms with Crippen molar-refractivity contribution in [3.8, 4) is 0 Å². The lowest BCUT2D eigenvalue weighted by molar-refractivity contribution is -0.139. The zero-order valence-electron chi connectivity index (χ0n) is 16.0. The summed E-state index contributed by atoms with van der Waals surface area (Å²) in [5, 5.41) is 0.563. The highest BCUT2D eigenvalue weighted by Gasteiger charge is 2.33. The van der Waals surface area contributed by atoms with Crippen molar-refractivity contribution in [2.24, 2.45) is 4.99 Å². The lowest BCUT2D eigenvalue weighted by Gasteiger charge is -2.24. The van der Waals surface area contributed by atoms with Crippen LogP contribution in [-0.4, -0.2) is 17.1 Å². The second-order valence-corrected chi connectivity index (χ2v) is 8.72. The summed E-state index contributed by atoms with van der Waals surface area (Å²) in [6, 6.07) is 9.90. The van der Waals surface area contributed by atoms with E-state index in [-0.39, 0.29) is 12.2 Å². The van der Waals surface area contributed by atoms with Gasteiger partial charge in [-0.25, -0.2) is 9.79 Å². The molecule has 0 fully saturated rings. The van der Waals surface area contributed by atoms with Gasteiger partial charge in [-0.2, -0.15) is 0 Å². The number of carbonyl (C=O) groups is 1. The lowest BCUT2D eigenvalue weighted by atomic mass is 9.96. The van der Waals surface area contributed by atoms with Gasteiger partial charge in [0.2, 0.25) is 0 Å². The Hall–Kier alpha value is -2.42. The van der Waals surface area contributed by atoms with E-state index in [1.807, 2.05) is 0 Å². The highest BCUT2D eigenvalue weighted by Crippen LogP contribution is 2.31. The molecule has 30 heavy (non-hydrogen) atoms. The van der Waals surface area contributed by atoms with Crippen LogP contribution in [0, 0.1) is 0 Å². The Kier molecular flexibility index (Phi) is 5.81. The van der Waals surface area contributed by atoms with Gasteiger partial charge < -0.3 is 9.15 Å². The molecule has 4 rings (SSSR count). The van der Waals surface area contributed by atoms with E-state index in [1.54, 1.807) is 56.3 Å². The third-order valence-electron chi connectivity index (χ3n) is 4.57. The van der Waals surface area contributed by atoms with Gasteiger partial charge in [0.05, 0.1) is 28.5 Å². The fourth-order valence-corrected chi connectivity index (χ4v) is 4.76. The first kappa shape index (κ1) is 20.8. The molecule has 1 aliphatic heterocycles. The van der Waals surface area contributed by atoms with Crippen molar-refractivity contribution in [2.75, 3.05) is 6.61 Å². The molecule has 2 aromatic heterocycles. The van der Waals surface area contributed by atoms with Crippen molar-refractivity contribution in [3.63, 3.8) is 0 Å². The van der Waals surface area contributed by atoms with Crippen molar-refractivity contribution in [3.05, 3.63) is 88.4 Å². The van der Waals surface area contributed by atoms with E-state index in [2.05, 4.69) is 20.9 Å². The molecule has 0 spiro atoms. The number of ether oxygens (including phenoxy) is 1. The lowest BCUT2D eigenvalue weighted by Crippen LogP contribution is -2.39. The molecule has 0 N–H and O–H groups in total. The van der Waals surface area contributed by atoms with Crippen LogP contribution in [0.3, 0.4) is 0 Å². The molecule has 154 valence electrons. The third kappa shape index (κ3) is 3.82. The Labute approximate surface area is 188 Å². The predicted molar refractivity (Wildman–Crippen MR) is 118 cm³/mol. The SMILES string of the molecule is CCOC(=O)C1=C(C)N=c2s/c(=C\c3ccc(Br)o3)c(=O)n2C1c1ccc(Cl)cc1. The van der Waals surface area contributed by atoms with Gasteiger partial charge in [0, 0.05) is 11.1 Å². The van der Waals surface area contributed by atoms with Gasteiger partial charge in [-0.05, 0) is 59.6 Å². The second kappa shape index (κ2) is 8.37. The van der Waals surface area contributed by atoms with Crippen molar-refractivity contribution in [1.82, 2.24) is 4.57 Å². The van der Waals surface area contributed by atoms with Gasteiger partial charge in [-0.3, -0.25) is 9.36 Å². The predicted octanol–water partition coefficient (Wildman–Crippen LogP) is 3.81. The van der Waals surface area contributed by atoms with Crippen LogP contribution >= 0.6 is 38.9 Å². The van der Waals surface area contributed by atoms with Crippen molar-refractivity contribution < 1.29 is 13.9 Å². The monoisotopic (exact) mass is 506 g/mol. The summed E-state index contributed by atoms with van der Waals surface area (Å²) in [7, 11) is 0. The molecule has 1 unspecified atom stereocenters. The van der Waals surface area contributed by atoms with Crippen LogP contribution in [0.4, 0.5) is 0 Å². The Bertz CT molecular complexity index is 1330. The first-order valence-corrected chi connectivity index (χ1v) is 11.1. The van der Waals surface area contributed by atoms with Crippen molar-refractivity contribution >= 4 is 50.9 Å². The number of furan rings is 1. The molecule has 0 saturated heterocycles. The third-order valence-corrected chi connectivity index (χ3v) is 6.23. The molecule has 3 aromatic rings. The molecule has 1 aliphatic rings. The molecular formula is C21H16BrClN2O4S. The molecule has 6 nitrogen and oxygen atoms in total. The zero-order chi connectivity index (χ0) is 21.4. The van der Waals surface area contributed by atoms with E-state index in [9.17, 15) is 9.59 Å². The Morgan fingerprint density at radius 1 is 1.33 bits per heavy atom. The Morgan fingerprint density at radius 2 is 2.07 bits per heavy atom. The highest BCUT2D eigenvalue weighted by atomic mass is 79.9. The maximum absolute atomic E-state index is 13.3. The van der Waals surface area contributed by atoms with Gasteiger partial charge in [0.15, 0.2) is 9.47 Å². The molecule has 0 saturated carbocycles. The summed E-state index contributed by atoms with van der Waals surface area (Å²) in [5.74, 6) is 0.0412. The average molecular weight is 508 g/mol. The number of thiazole rings is 1. The molecule has 1 atom stereocenters. The van der Waals surface area contributed by atoms with Gasteiger partial charge in [-0.15, -0.1) is 0 Å². The number of hydrogen-bond acceptors (Lipinski definition) is 6. The fourth-order valence-electron chi connectivity index (χ4n) is 3.29.